The quantitative estimate of drug-likeness (QED) is 0.619. The van der Waals surface area contributed by atoms with Crippen LogP contribution in [-0.4, -0.2) is 19.7 Å². The second-order valence-corrected chi connectivity index (χ2v) is 4.12. The number of hydrogen-bond donors (Lipinski definition) is 0. The van der Waals surface area contributed by atoms with Crippen molar-refractivity contribution in [3.63, 3.8) is 0 Å². The van der Waals surface area contributed by atoms with Gasteiger partial charge >= 0.3 is 5.97 Å². The molecule has 0 aliphatic carbocycles. The van der Waals surface area contributed by atoms with E-state index in [2.05, 4.69) is 22.0 Å². The van der Waals surface area contributed by atoms with Crippen LogP contribution in [0.25, 0.3) is 0 Å². The van der Waals surface area contributed by atoms with Crippen LogP contribution in [0.4, 0.5) is 0 Å². The summed E-state index contributed by atoms with van der Waals surface area (Å²) in [4.78, 5) is 11.5. The van der Waals surface area contributed by atoms with Crippen molar-refractivity contribution in [2.45, 2.75) is 18.7 Å². The second kappa shape index (κ2) is 7.02. The van der Waals surface area contributed by atoms with Gasteiger partial charge in [-0.05, 0) is 18.6 Å². The van der Waals surface area contributed by atoms with Gasteiger partial charge in [-0.3, -0.25) is 4.79 Å². The fourth-order valence-corrected chi connectivity index (χ4v) is 1.98. The maximum Gasteiger partial charge on any atom is 0.310 e. The lowest BCUT2D eigenvalue weighted by Crippen LogP contribution is -2.09. The van der Waals surface area contributed by atoms with E-state index in [-0.39, 0.29) is 12.4 Å². The summed E-state index contributed by atoms with van der Waals surface area (Å²) < 4.78 is 10.1. The number of benzene rings is 1. The van der Waals surface area contributed by atoms with Gasteiger partial charge in [-0.1, -0.05) is 22.0 Å². The van der Waals surface area contributed by atoms with Gasteiger partial charge in [0.15, 0.2) is 0 Å². The molecule has 5 heteroatoms. The molecule has 0 amide bonds. The first-order valence-corrected chi connectivity index (χ1v) is 6.59. The highest BCUT2D eigenvalue weighted by Crippen LogP contribution is 2.27. The van der Waals surface area contributed by atoms with Crippen LogP contribution < -0.4 is 4.74 Å². The summed E-state index contributed by atoms with van der Waals surface area (Å²) in [5.74, 6) is 0.113. The summed E-state index contributed by atoms with van der Waals surface area (Å²) in [5, 5.41) is 9.68. The Balaban J connectivity index is 3.15. The molecule has 18 heavy (non-hydrogen) atoms. The number of carbonyl (C=O) groups is 1. The Morgan fingerprint density at radius 2 is 2.22 bits per heavy atom. The lowest BCUT2D eigenvalue weighted by molar-refractivity contribution is -0.142. The molecular formula is C13H14BrNO3. The summed E-state index contributed by atoms with van der Waals surface area (Å²) in [5.41, 5.74) is 2.02. The fourth-order valence-electron chi connectivity index (χ4n) is 1.66. The standard InChI is InChI=1S/C13H14BrNO3/c1-3-18-12(16)6-10-4-9(7-14)5-11(8-15)13(10)17-2/h4-5H,3,6-7H2,1-2H3. The number of hydrogen-bond acceptors (Lipinski definition) is 4. The van der Waals surface area contributed by atoms with E-state index in [1.807, 2.05) is 6.07 Å². The third-order valence-electron chi connectivity index (χ3n) is 2.34. The van der Waals surface area contributed by atoms with Gasteiger partial charge in [-0.2, -0.15) is 5.26 Å². The number of esters is 1. The van der Waals surface area contributed by atoms with Crippen molar-refractivity contribution in [2.75, 3.05) is 13.7 Å². The van der Waals surface area contributed by atoms with Crippen LogP contribution in [0.2, 0.25) is 0 Å². The molecule has 1 aromatic rings. The van der Waals surface area contributed by atoms with E-state index in [1.54, 1.807) is 13.0 Å². The highest BCUT2D eigenvalue weighted by molar-refractivity contribution is 9.08. The van der Waals surface area contributed by atoms with E-state index >= 15 is 0 Å². The molecule has 0 saturated carbocycles. The summed E-state index contributed by atoms with van der Waals surface area (Å²) in [6, 6.07) is 5.65. The van der Waals surface area contributed by atoms with Gasteiger partial charge in [0.25, 0.3) is 0 Å². The Morgan fingerprint density at radius 1 is 1.50 bits per heavy atom. The Kier molecular flexibility index (Phi) is 5.66. The van der Waals surface area contributed by atoms with Crippen LogP contribution in [0.5, 0.6) is 5.75 Å². The lowest BCUT2D eigenvalue weighted by Gasteiger charge is -2.11. The van der Waals surface area contributed by atoms with Crippen LogP contribution in [-0.2, 0) is 21.3 Å². The number of halogens is 1. The van der Waals surface area contributed by atoms with E-state index in [9.17, 15) is 4.79 Å². The second-order valence-electron chi connectivity index (χ2n) is 3.56. The van der Waals surface area contributed by atoms with Gasteiger partial charge in [0.2, 0.25) is 0 Å². The zero-order valence-corrected chi connectivity index (χ0v) is 11.9. The molecule has 0 aliphatic heterocycles. The molecule has 0 bridgehead atoms. The molecule has 0 saturated heterocycles. The predicted octanol–water partition coefficient (Wildman–Crippen LogP) is 2.57. The van der Waals surface area contributed by atoms with Crippen molar-refractivity contribution in [3.05, 3.63) is 28.8 Å². The van der Waals surface area contributed by atoms with Gasteiger partial charge in [0.1, 0.15) is 11.8 Å². The zero-order valence-electron chi connectivity index (χ0n) is 10.3. The molecule has 1 aromatic carbocycles. The lowest BCUT2D eigenvalue weighted by atomic mass is 10.0. The normalized spacial score (nSPS) is 9.67. The van der Waals surface area contributed by atoms with Crippen LogP contribution in [0.3, 0.4) is 0 Å². The van der Waals surface area contributed by atoms with E-state index in [0.29, 0.717) is 28.8 Å². The Labute approximate surface area is 115 Å². The highest BCUT2D eigenvalue weighted by atomic mass is 79.9. The third kappa shape index (κ3) is 3.47. The van der Waals surface area contributed by atoms with Crippen LogP contribution in [0, 0.1) is 11.3 Å². The van der Waals surface area contributed by atoms with Crippen molar-refractivity contribution >= 4 is 21.9 Å². The first-order chi connectivity index (χ1) is 8.65. The van der Waals surface area contributed by atoms with Gasteiger partial charge in [0, 0.05) is 10.9 Å². The smallest absolute Gasteiger partial charge is 0.310 e. The summed E-state index contributed by atoms with van der Waals surface area (Å²) in [7, 11) is 1.48. The summed E-state index contributed by atoms with van der Waals surface area (Å²) in [6.45, 7) is 2.09. The van der Waals surface area contributed by atoms with Crippen molar-refractivity contribution in [1.82, 2.24) is 0 Å². The first kappa shape index (κ1) is 14.5. The molecule has 0 radical (unpaired) electrons. The molecule has 0 aromatic heterocycles. The number of ether oxygens (including phenoxy) is 2. The maximum atomic E-state index is 11.5. The summed E-state index contributed by atoms with van der Waals surface area (Å²) >= 11 is 3.33. The predicted molar refractivity (Wildman–Crippen MR) is 70.7 cm³/mol. The molecule has 0 heterocycles. The molecule has 0 unspecified atom stereocenters. The van der Waals surface area contributed by atoms with E-state index in [1.165, 1.54) is 7.11 Å². The van der Waals surface area contributed by atoms with Gasteiger partial charge in [0.05, 0.1) is 25.7 Å². The largest absolute Gasteiger partial charge is 0.495 e. The molecule has 0 N–H and O–H groups in total. The molecular weight excluding hydrogens is 298 g/mol. The first-order valence-electron chi connectivity index (χ1n) is 5.47. The molecule has 0 fully saturated rings. The van der Waals surface area contributed by atoms with Crippen molar-refractivity contribution in [1.29, 1.82) is 5.26 Å². The van der Waals surface area contributed by atoms with E-state index in [4.69, 9.17) is 14.7 Å². The minimum atomic E-state index is -0.327. The third-order valence-corrected chi connectivity index (χ3v) is 2.99. The minimum Gasteiger partial charge on any atom is -0.495 e. The van der Waals surface area contributed by atoms with E-state index < -0.39 is 0 Å². The number of carbonyl (C=O) groups excluding carboxylic acids is 1. The highest BCUT2D eigenvalue weighted by Gasteiger charge is 2.15. The number of alkyl halides is 1. The molecule has 0 spiro atoms. The SMILES string of the molecule is CCOC(=O)Cc1cc(CBr)cc(C#N)c1OC. The van der Waals surface area contributed by atoms with Crippen LogP contribution in [0.1, 0.15) is 23.6 Å². The number of rotatable bonds is 5. The Morgan fingerprint density at radius 3 is 2.72 bits per heavy atom. The number of nitriles is 1. The molecule has 4 nitrogen and oxygen atoms in total. The molecule has 96 valence electrons. The van der Waals surface area contributed by atoms with Gasteiger partial charge in [-0.25, -0.2) is 0 Å². The van der Waals surface area contributed by atoms with Gasteiger partial charge < -0.3 is 9.47 Å². The average molecular weight is 312 g/mol. The van der Waals surface area contributed by atoms with Crippen LogP contribution >= 0.6 is 15.9 Å². The van der Waals surface area contributed by atoms with Crippen molar-refractivity contribution in [3.8, 4) is 11.8 Å². The summed E-state index contributed by atoms with van der Waals surface area (Å²) in [6.07, 6.45) is 0.104. The fraction of sp³-hybridized carbons (Fsp3) is 0.385. The van der Waals surface area contributed by atoms with Crippen LogP contribution in [0.15, 0.2) is 12.1 Å². The van der Waals surface area contributed by atoms with Crippen molar-refractivity contribution < 1.29 is 14.3 Å². The minimum absolute atomic E-state index is 0.104. The average Bonchev–Trinajstić information content (AvgIpc) is 2.37. The number of nitrogens with zero attached hydrogens (tertiary/aromatic N) is 1. The molecule has 0 atom stereocenters. The monoisotopic (exact) mass is 311 g/mol. The Hall–Kier alpha value is -1.54. The van der Waals surface area contributed by atoms with E-state index in [0.717, 1.165) is 5.56 Å². The zero-order chi connectivity index (χ0) is 13.5. The molecule has 0 aliphatic rings. The van der Waals surface area contributed by atoms with Gasteiger partial charge in [-0.15, -0.1) is 0 Å². The topological polar surface area (TPSA) is 59.3 Å². The number of methoxy groups -OCH3 is 1. The molecule has 1 rings (SSSR count). The maximum absolute atomic E-state index is 11.5. The van der Waals surface area contributed by atoms with Crippen molar-refractivity contribution in [2.24, 2.45) is 0 Å². The Bertz CT molecular complexity index is 480.